The Bertz CT molecular complexity index is 373. The van der Waals surface area contributed by atoms with Crippen LogP contribution in [0.4, 0.5) is 0 Å². The lowest BCUT2D eigenvalue weighted by Crippen LogP contribution is -2.49. The van der Waals surface area contributed by atoms with Crippen molar-refractivity contribution in [1.82, 2.24) is 10.2 Å². The van der Waals surface area contributed by atoms with E-state index in [1.54, 1.807) is 0 Å². The topological polar surface area (TPSA) is 41.6 Å². The second-order valence-electron chi connectivity index (χ2n) is 7.55. The molecule has 5 unspecified atom stereocenters. The van der Waals surface area contributed by atoms with E-state index in [2.05, 4.69) is 24.1 Å². The van der Waals surface area contributed by atoms with E-state index in [4.69, 9.17) is 4.74 Å². The van der Waals surface area contributed by atoms with E-state index in [0.29, 0.717) is 18.2 Å². The summed E-state index contributed by atoms with van der Waals surface area (Å²) in [5.41, 5.74) is 0. The van der Waals surface area contributed by atoms with E-state index < -0.39 is 0 Å². The van der Waals surface area contributed by atoms with Crippen LogP contribution in [0.2, 0.25) is 0 Å². The molecular formula is C18H32N2O2. The summed E-state index contributed by atoms with van der Waals surface area (Å²) >= 11 is 0. The number of nitrogens with zero attached hydrogens (tertiary/aromatic N) is 1. The van der Waals surface area contributed by atoms with Gasteiger partial charge in [0.05, 0.1) is 6.10 Å². The molecular weight excluding hydrogens is 276 g/mol. The van der Waals surface area contributed by atoms with E-state index >= 15 is 0 Å². The van der Waals surface area contributed by atoms with Crippen LogP contribution in [-0.4, -0.2) is 48.2 Å². The number of nitrogens with one attached hydrogen (secondary N) is 1. The van der Waals surface area contributed by atoms with Crippen molar-refractivity contribution in [2.24, 2.45) is 5.92 Å². The number of carbonyl (C=O) groups is 1. The molecule has 1 saturated carbocycles. The largest absolute Gasteiger partial charge is 0.365 e. The number of ether oxygens (including phenoxy) is 1. The van der Waals surface area contributed by atoms with Gasteiger partial charge in [-0.15, -0.1) is 0 Å². The highest BCUT2D eigenvalue weighted by Gasteiger charge is 2.41. The van der Waals surface area contributed by atoms with Gasteiger partial charge in [0, 0.05) is 18.6 Å². The summed E-state index contributed by atoms with van der Waals surface area (Å²) in [5, 5.41) is 3.47. The number of carbonyl (C=O) groups excluding carboxylic acids is 1. The maximum atomic E-state index is 13.1. The number of hydrogen-bond acceptors (Lipinski definition) is 3. The fourth-order valence-corrected chi connectivity index (χ4v) is 4.57. The molecule has 2 saturated heterocycles. The molecule has 3 aliphatic rings. The zero-order chi connectivity index (χ0) is 15.5. The first-order valence-electron chi connectivity index (χ1n) is 9.37. The van der Waals surface area contributed by atoms with Crippen LogP contribution in [0, 0.1) is 5.92 Å². The van der Waals surface area contributed by atoms with E-state index in [0.717, 1.165) is 51.1 Å². The molecule has 2 aliphatic heterocycles. The van der Waals surface area contributed by atoms with Crippen LogP contribution in [0.5, 0.6) is 0 Å². The normalized spacial score (nSPS) is 36.9. The fourth-order valence-electron chi connectivity index (χ4n) is 4.57. The summed E-state index contributed by atoms with van der Waals surface area (Å²) in [6.07, 6.45) is 9.10. The van der Waals surface area contributed by atoms with Crippen LogP contribution in [0.15, 0.2) is 0 Å². The molecule has 2 heterocycles. The Labute approximate surface area is 135 Å². The Morgan fingerprint density at radius 2 is 2.05 bits per heavy atom. The lowest BCUT2D eigenvalue weighted by Gasteiger charge is -2.34. The number of amides is 1. The molecule has 3 rings (SSSR count). The monoisotopic (exact) mass is 308 g/mol. The Kier molecular flexibility index (Phi) is 5.40. The predicted octanol–water partition coefficient (Wildman–Crippen LogP) is 2.71. The van der Waals surface area contributed by atoms with E-state index in [-0.39, 0.29) is 12.0 Å². The highest BCUT2D eigenvalue weighted by Crippen LogP contribution is 2.31. The highest BCUT2D eigenvalue weighted by molar-refractivity contribution is 5.82. The van der Waals surface area contributed by atoms with Crippen molar-refractivity contribution in [3.8, 4) is 0 Å². The molecule has 0 aromatic carbocycles. The lowest BCUT2D eigenvalue weighted by atomic mass is 9.88. The predicted molar refractivity (Wildman–Crippen MR) is 87.7 cm³/mol. The minimum atomic E-state index is -0.225. The molecule has 1 aliphatic carbocycles. The van der Waals surface area contributed by atoms with Gasteiger partial charge in [0.2, 0.25) is 0 Å². The van der Waals surface area contributed by atoms with Gasteiger partial charge in [0.1, 0.15) is 6.10 Å². The van der Waals surface area contributed by atoms with E-state index in [9.17, 15) is 4.79 Å². The molecule has 126 valence electrons. The van der Waals surface area contributed by atoms with Crippen LogP contribution in [0.1, 0.15) is 65.2 Å². The zero-order valence-corrected chi connectivity index (χ0v) is 14.2. The number of rotatable bonds is 4. The first-order valence-corrected chi connectivity index (χ1v) is 9.37. The molecule has 4 nitrogen and oxygen atoms in total. The van der Waals surface area contributed by atoms with Crippen LogP contribution in [-0.2, 0) is 9.53 Å². The Hall–Kier alpha value is -0.610. The van der Waals surface area contributed by atoms with Gasteiger partial charge in [0.15, 0.2) is 0 Å². The molecule has 22 heavy (non-hydrogen) atoms. The van der Waals surface area contributed by atoms with Crippen LogP contribution in [0.3, 0.4) is 0 Å². The second-order valence-corrected chi connectivity index (χ2v) is 7.55. The molecule has 5 atom stereocenters. The third-order valence-corrected chi connectivity index (χ3v) is 5.80. The van der Waals surface area contributed by atoms with E-state index in [1.807, 2.05) is 0 Å². The Morgan fingerprint density at radius 3 is 2.82 bits per heavy atom. The van der Waals surface area contributed by atoms with Gasteiger partial charge in [-0.25, -0.2) is 0 Å². The first-order chi connectivity index (χ1) is 10.7. The average molecular weight is 308 g/mol. The molecule has 0 aromatic heterocycles. The van der Waals surface area contributed by atoms with Crippen molar-refractivity contribution in [2.75, 3.05) is 13.1 Å². The van der Waals surface area contributed by atoms with Crippen molar-refractivity contribution < 1.29 is 9.53 Å². The van der Waals surface area contributed by atoms with Gasteiger partial charge < -0.3 is 15.0 Å². The van der Waals surface area contributed by atoms with Crippen molar-refractivity contribution in [3.05, 3.63) is 0 Å². The van der Waals surface area contributed by atoms with Gasteiger partial charge in [-0.05, 0) is 51.0 Å². The lowest BCUT2D eigenvalue weighted by molar-refractivity contribution is -0.152. The third kappa shape index (κ3) is 3.48. The molecule has 3 fully saturated rings. The quantitative estimate of drug-likeness (QED) is 0.868. The minimum absolute atomic E-state index is 0.225. The smallest absolute Gasteiger partial charge is 0.252 e. The second kappa shape index (κ2) is 7.31. The SMILES string of the molecule is CCC(OC1CCCC(C)C1)C(=O)N1C2CCNCC1CC2. The zero-order valence-electron chi connectivity index (χ0n) is 14.2. The van der Waals surface area contributed by atoms with Crippen molar-refractivity contribution in [1.29, 1.82) is 0 Å². The summed E-state index contributed by atoms with van der Waals surface area (Å²) in [4.78, 5) is 15.3. The maximum absolute atomic E-state index is 13.1. The molecule has 0 radical (unpaired) electrons. The Balaban J connectivity index is 1.63. The van der Waals surface area contributed by atoms with Crippen LogP contribution < -0.4 is 5.32 Å². The summed E-state index contributed by atoms with van der Waals surface area (Å²) in [6.45, 7) is 6.40. The molecule has 0 spiro atoms. The summed E-state index contributed by atoms with van der Waals surface area (Å²) in [6, 6.07) is 0.832. The Morgan fingerprint density at radius 1 is 1.23 bits per heavy atom. The van der Waals surface area contributed by atoms with E-state index in [1.165, 1.54) is 19.3 Å². The van der Waals surface area contributed by atoms with Crippen molar-refractivity contribution in [2.45, 2.75) is 89.5 Å². The minimum Gasteiger partial charge on any atom is -0.365 e. The van der Waals surface area contributed by atoms with Crippen molar-refractivity contribution >= 4 is 5.91 Å². The van der Waals surface area contributed by atoms with Gasteiger partial charge in [0.25, 0.3) is 5.91 Å². The average Bonchev–Trinajstić information content (AvgIpc) is 2.77. The van der Waals surface area contributed by atoms with Gasteiger partial charge in [-0.3, -0.25) is 4.79 Å². The molecule has 1 N–H and O–H groups in total. The molecule has 2 bridgehead atoms. The molecule has 1 amide bonds. The standard InChI is InChI=1S/C18H32N2O2/c1-3-17(22-16-6-4-5-13(2)11-16)18(21)20-14-7-8-15(20)12-19-10-9-14/h13-17,19H,3-12H2,1-2H3. The highest BCUT2D eigenvalue weighted by atomic mass is 16.5. The van der Waals surface area contributed by atoms with Gasteiger partial charge in [-0.2, -0.15) is 0 Å². The fraction of sp³-hybridized carbons (Fsp3) is 0.944. The van der Waals surface area contributed by atoms with Crippen molar-refractivity contribution in [3.63, 3.8) is 0 Å². The first kappa shape index (κ1) is 16.3. The molecule has 0 aromatic rings. The van der Waals surface area contributed by atoms with Crippen LogP contribution >= 0.6 is 0 Å². The van der Waals surface area contributed by atoms with Crippen LogP contribution in [0.25, 0.3) is 0 Å². The maximum Gasteiger partial charge on any atom is 0.252 e. The third-order valence-electron chi connectivity index (χ3n) is 5.80. The number of fused-ring (bicyclic) bond motifs is 2. The number of hydrogen-bond donors (Lipinski definition) is 1. The summed E-state index contributed by atoms with van der Waals surface area (Å²) in [5.74, 6) is 1.00. The van der Waals surface area contributed by atoms with Gasteiger partial charge in [-0.1, -0.05) is 26.7 Å². The van der Waals surface area contributed by atoms with Gasteiger partial charge >= 0.3 is 0 Å². The summed E-state index contributed by atoms with van der Waals surface area (Å²) in [7, 11) is 0. The molecule has 4 heteroatoms. The summed E-state index contributed by atoms with van der Waals surface area (Å²) < 4.78 is 6.28.